The Morgan fingerprint density at radius 1 is 2.00 bits per heavy atom. The van der Waals surface area contributed by atoms with E-state index in [1.807, 2.05) is 6.08 Å². The number of hydrogen-bond donors (Lipinski definition) is 1. The summed E-state index contributed by atoms with van der Waals surface area (Å²) >= 11 is 0. The molecule has 0 aromatic rings. The summed E-state index contributed by atoms with van der Waals surface area (Å²) in [7, 11) is 0. The molecule has 40 valence electrons. The molecule has 1 nitrogen and oxygen atoms in total. The molecule has 0 aliphatic carbocycles. The van der Waals surface area contributed by atoms with Crippen molar-refractivity contribution in [1.82, 2.24) is 5.32 Å². The van der Waals surface area contributed by atoms with Gasteiger partial charge >= 0.3 is 0 Å². The van der Waals surface area contributed by atoms with Crippen molar-refractivity contribution in [2.45, 2.75) is 6.42 Å². The van der Waals surface area contributed by atoms with Gasteiger partial charge in [0.25, 0.3) is 0 Å². The average Bonchev–Trinajstić information content (AvgIpc) is 1.55. The first-order valence-corrected chi connectivity index (χ1v) is 2.75. The minimum atomic E-state index is 0.900. The van der Waals surface area contributed by atoms with E-state index < -0.39 is 0 Å². The van der Waals surface area contributed by atoms with Gasteiger partial charge in [0.15, 0.2) is 0 Å². The van der Waals surface area contributed by atoms with Crippen molar-refractivity contribution in [1.29, 1.82) is 0 Å². The van der Waals surface area contributed by atoms with E-state index in [0.717, 1.165) is 5.92 Å². The lowest BCUT2D eigenvalue weighted by Gasteiger charge is -2.25. The minimum Gasteiger partial charge on any atom is -0.316 e. The Labute approximate surface area is 44.4 Å². The van der Waals surface area contributed by atoms with E-state index in [0.29, 0.717) is 0 Å². The van der Waals surface area contributed by atoms with Gasteiger partial charge in [0, 0.05) is 0 Å². The second kappa shape index (κ2) is 2.12. The predicted molar refractivity (Wildman–Crippen MR) is 31.2 cm³/mol. The Morgan fingerprint density at radius 3 is 2.86 bits per heavy atom. The lowest BCUT2D eigenvalue weighted by atomic mass is 10.2. The van der Waals surface area contributed by atoms with Gasteiger partial charge in [-0.2, -0.15) is 0 Å². The molecule has 1 aliphatic heterocycles. The highest BCUT2D eigenvalue weighted by molar-refractivity contribution is 4.81. The Hall–Kier alpha value is -0.300. The molecule has 1 heterocycles. The van der Waals surface area contributed by atoms with Crippen molar-refractivity contribution < 1.29 is 0 Å². The zero-order chi connectivity index (χ0) is 5.11. The minimum absolute atomic E-state index is 0.900. The first kappa shape index (κ1) is 4.85. The molecule has 0 aromatic heterocycles. The molecular weight excluding hydrogens is 88.1 g/mol. The third-order valence-corrected chi connectivity index (χ3v) is 1.37. The maximum absolute atomic E-state index is 3.65. The Balaban J connectivity index is 2.03. The summed E-state index contributed by atoms with van der Waals surface area (Å²) in [5.74, 6) is 0.900. The summed E-state index contributed by atoms with van der Waals surface area (Å²) in [6, 6.07) is 0. The van der Waals surface area contributed by atoms with Gasteiger partial charge in [0.1, 0.15) is 0 Å². The van der Waals surface area contributed by atoms with E-state index in [1.54, 1.807) is 0 Å². The molecule has 1 heteroatoms. The van der Waals surface area contributed by atoms with Gasteiger partial charge in [0.05, 0.1) is 0 Å². The maximum Gasteiger partial charge on any atom is -0.000528 e. The highest BCUT2D eigenvalue weighted by atomic mass is 15.4. The van der Waals surface area contributed by atoms with Crippen LogP contribution in [0.1, 0.15) is 6.42 Å². The van der Waals surface area contributed by atoms with Crippen LogP contribution in [0.5, 0.6) is 0 Å². The van der Waals surface area contributed by atoms with Gasteiger partial charge in [-0.25, -0.2) is 0 Å². The Bertz CT molecular complexity index is 64.6. The fraction of sp³-hybridized carbons (Fsp3) is 0.667. The third kappa shape index (κ3) is 1.03. The van der Waals surface area contributed by atoms with Crippen molar-refractivity contribution >= 4 is 0 Å². The summed E-state index contributed by atoms with van der Waals surface area (Å²) in [5.41, 5.74) is 0. The number of rotatable bonds is 2. The average molecular weight is 99.2 g/mol. The second-order valence-corrected chi connectivity index (χ2v) is 2.05. The van der Waals surface area contributed by atoms with Crippen LogP contribution in [-0.4, -0.2) is 13.1 Å². The van der Waals surface area contributed by atoms with E-state index >= 15 is 0 Å². The lowest BCUT2D eigenvalue weighted by molar-refractivity contribution is 0.352. The zero-order valence-electron chi connectivity index (χ0n) is 4.48. The Morgan fingerprint density at radius 2 is 2.71 bits per heavy atom. The molecule has 0 amide bonds. The smallest absolute Gasteiger partial charge is 0.000528 e. The van der Waals surface area contributed by atoms with E-state index in [1.165, 1.54) is 19.5 Å². The van der Waals surface area contributed by atoms with Crippen LogP contribution in [-0.2, 0) is 0 Å². The SMILES string of the molecule is C=CCC1CN[14CH2]1. The molecule has 1 rings (SSSR count). The first-order valence-electron chi connectivity index (χ1n) is 2.75. The van der Waals surface area contributed by atoms with Gasteiger partial charge in [-0.3, -0.25) is 0 Å². The molecule has 1 unspecified atom stereocenters. The van der Waals surface area contributed by atoms with E-state index in [4.69, 9.17) is 0 Å². The van der Waals surface area contributed by atoms with E-state index in [-0.39, 0.29) is 0 Å². The normalized spacial score (nSPS) is 28.9. The standard InChI is InChI=1S/C6H11N/c1-2-3-6-4-7-5-6/h2,6-7H,1,3-5H2/i4+2. The topological polar surface area (TPSA) is 12.0 Å². The molecule has 0 aromatic carbocycles. The van der Waals surface area contributed by atoms with Crippen LogP contribution < -0.4 is 5.32 Å². The van der Waals surface area contributed by atoms with Gasteiger partial charge in [-0.1, -0.05) is 6.08 Å². The van der Waals surface area contributed by atoms with Crippen molar-refractivity contribution in [3.63, 3.8) is 0 Å². The Kier molecular flexibility index (Phi) is 1.47. The molecule has 1 N–H and O–H groups in total. The van der Waals surface area contributed by atoms with Crippen molar-refractivity contribution in [3.05, 3.63) is 12.7 Å². The highest BCUT2D eigenvalue weighted by Crippen LogP contribution is 2.06. The summed E-state index contributed by atoms with van der Waals surface area (Å²) in [6.45, 7) is 6.06. The van der Waals surface area contributed by atoms with Crippen molar-refractivity contribution in [2.24, 2.45) is 5.92 Å². The van der Waals surface area contributed by atoms with Crippen LogP contribution in [0.2, 0.25) is 0 Å². The van der Waals surface area contributed by atoms with Crippen molar-refractivity contribution in [2.75, 3.05) is 13.1 Å². The fourth-order valence-electron chi connectivity index (χ4n) is 0.751. The summed E-state index contributed by atoms with van der Waals surface area (Å²) < 4.78 is 0. The largest absolute Gasteiger partial charge is 0.316 e. The molecule has 0 bridgehead atoms. The van der Waals surface area contributed by atoms with Crippen LogP contribution in [0.3, 0.4) is 0 Å². The van der Waals surface area contributed by atoms with E-state index in [9.17, 15) is 0 Å². The number of allylic oxidation sites excluding steroid dienone is 1. The van der Waals surface area contributed by atoms with Crippen LogP contribution in [0.25, 0.3) is 0 Å². The zero-order valence-corrected chi connectivity index (χ0v) is 4.48. The molecule has 1 atom stereocenters. The summed E-state index contributed by atoms with van der Waals surface area (Å²) in [6.07, 6.45) is 3.18. The monoisotopic (exact) mass is 99.1 g/mol. The molecule has 1 saturated heterocycles. The lowest BCUT2D eigenvalue weighted by Crippen LogP contribution is -2.41. The molecule has 0 saturated carbocycles. The molecular formula is C6H11N. The molecule has 0 radical (unpaired) electrons. The molecule has 0 spiro atoms. The maximum atomic E-state index is 3.65. The third-order valence-electron chi connectivity index (χ3n) is 1.37. The van der Waals surface area contributed by atoms with Crippen molar-refractivity contribution in [3.8, 4) is 0 Å². The van der Waals surface area contributed by atoms with Crippen LogP contribution in [0.15, 0.2) is 12.7 Å². The predicted octanol–water partition coefficient (Wildman–Crippen LogP) is 0.782. The first-order chi connectivity index (χ1) is 3.43. The highest BCUT2D eigenvalue weighted by Gasteiger charge is 2.13. The van der Waals surface area contributed by atoms with E-state index in [2.05, 4.69) is 11.9 Å². The van der Waals surface area contributed by atoms with Crippen LogP contribution in [0.4, 0.5) is 0 Å². The summed E-state index contributed by atoms with van der Waals surface area (Å²) in [5, 5.41) is 3.20. The van der Waals surface area contributed by atoms with Crippen LogP contribution >= 0.6 is 0 Å². The van der Waals surface area contributed by atoms with Gasteiger partial charge < -0.3 is 5.32 Å². The second-order valence-electron chi connectivity index (χ2n) is 2.05. The number of hydrogen-bond acceptors (Lipinski definition) is 1. The molecule has 1 aliphatic rings. The van der Waals surface area contributed by atoms with Gasteiger partial charge in [0.2, 0.25) is 0 Å². The molecule has 1 fully saturated rings. The summed E-state index contributed by atoms with van der Waals surface area (Å²) in [4.78, 5) is 0. The quantitative estimate of drug-likeness (QED) is 0.504. The van der Waals surface area contributed by atoms with Gasteiger partial charge in [-0.15, -0.1) is 6.58 Å². The number of nitrogens with one attached hydrogen (secondary N) is 1. The van der Waals surface area contributed by atoms with Gasteiger partial charge in [-0.05, 0) is 25.4 Å². The molecule has 7 heavy (non-hydrogen) atoms. The fourth-order valence-corrected chi connectivity index (χ4v) is 0.751. The van der Waals surface area contributed by atoms with Crippen LogP contribution in [0, 0.1) is 5.92 Å².